The highest BCUT2D eigenvalue weighted by Crippen LogP contribution is 2.28. The van der Waals surface area contributed by atoms with E-state index in [1.165, 1.54) is 11.8 Å². The Morgan fingerprint density at radius 3 is 2.72 bits per heavy atom. The Morgan fingerprint density at radius 2 is 2.04 bits per heavy atom. The van der Waals surface area contributed by atoms with E-state index in [2.05, 4.69) is 17.1 Å². The van der Waals surface area contributed by atoms with Gasteiger partial charge in [-0.3, -0.25) is 4.79 Å². The molecule has 1 aliphatic heterocycles. The lowest BCUT2D eigenvalue weighted by atomic mass is 10.1. The maximum absolute atomic E-state index is 12.6. The molecule has 1 N–H and O–H groups in total. The highest BCUT2D eigenvalue weighted by atomic mass is 32.2. The van der Waals surface area contributed by atoms with Crippen LogP contribution in [-0.2, 0) is 4.79 Å². The fraction of sp³-hybridized carbons (Fsp3) is 0.500. The standard InChI is InChI=1S/C18H24N4O2S/c1-4-21-9-11-22(12-10-21)17(23)14(3)25-18-20-19-16(24-18)15-8-6-5-7-13(15)2/h5-8,14H,4,9-12H2,1-3H3/p+1/t14-/m0/s1. The predicted molar refractivity (Wildman–Crippen MR) is 97.6 cm³/mol. The van der Waals surface area contributed by atoms with E-state index in [9.17, 15) is 4.79 Å². The lowest BCUT2D eigenvalue weighted by molar-refractivity contribution is -0.902. The molecular weight excluding hydrogens is 336 g/mol. The number of thioether (sulfide) groups is 1. The zero-order chi connectivity index (χ0) is 17.8. The molecule has 1 amide bonds. The highest BCUT2D eigenvalue weighted by Gasteiger charge is 2.28. The minimum Gasteiger partial charge on any atom is -0.411 e. The van der Waals surface area contributed by atoms with Crippen molar-refractivity contribution >= 4 is 17.7 Å². The van der Waals surface area contributed by atoms with Crippen LogP contribution in [0.5, 0.6) is 0 Å². The number of nitrogens with one attached hydrogen (secondary N) is 1. The SMILES string of the molecule is CC[NH+]1CCN(C(=O)[C@H](C)Sc2nnc(-c3ccccc3C)o2)CC1. The van der Waals surface area contributed by atoms with Gasteiger partial charge in [-0.25, -0.2) is 0 Å². The molecule has 1 atom stereocenters. The Labute approximate surface area is 152 Å². The lowest BCUT2D eigenvalue weighted by Crippen LogP contribution is -3.14. The quantitative estimate of drug-likeness (QED) is 0.813. The van der Waals surface area contributed by atoms with Gasteiger partial charge in [0.2, 0.25) is 11.8 Å². The second kappa shape index (κ2) is 8.01. The number of likely N-dealkylation sites (N-methyl/N-ethyl adjacent to an activating group) is 1. The average molecular weight is 361 g/mol. The van der Waals surface area contributed by atoms with Gasteiger partial charge in [-0.2, -0.15) is 0 Å². The summed E-state index contributed by atoms with van der Waals surface area (Å²) in [5, 5.41) is 8.44. The van der Waals surface area contributed by atoms with E-state index >= 15 is 0 Å². The number of amides is 1. The molecule has 1 aromatic carbocycles. The van der Waals surface area contributed by atoms with E-state index in [0.29, 0.717) is 11.1 Å². The predicted octanol–water partition coefficient (Wildman–Crippen LogP) is 1.27. The summed E-state index contributed by atoms with van der Waals surface area (Å²) in [6.07, 6.45) is 0. The van der Waals surface area contributed by atoms with Crippen molar-refractivity contribution in [1.29, 1.82) is 0 Å². The second-order valence-electron chi connectivity index (χ2n) is 6.38. The Morgan fingerprint density at radius 1 is 1.32 bits per heavy atom. The van der Waals surface area contributed by atoms with Gasteiger partial charge in [0.15, 0.2) is 0 Å². The highest BCUT2D eigenvalue weighted by molar-refractivity contribution is 8.00. The second-order valence-corrected chi connectivity index (χ2v) is 7.67. The van der Waals surface area contributed by atoms with Crippen LogP contribution in [0.25, 0.3) is 11.5 Å². The first-order chi connectivity index (χ1) is 12.1. The summed E-state index contributed by atoms with van der Waals surface area (Å²) >= 11 is 1.33. The molecule has 0 spiro atoms. The normalized spacial score (nSPS) is 16.8. The number of piperazine rings is 1. The lowest BCUT2D eigenvalue weighted by Gasteiger charge is -2.32. The number of rotatable bonds is 5. The molecule has 1 aromatic heterocycles. The van der Waals surface area contributed by atoms with Crippen LogP contribution in [0.15, 0.2) is 33.9 Å². The number of carbonyl (C=O) groups is 1. The van der Waals surface area contributed by atoms with Gasteiger partial charge in [0, 0.05) is 5.56 Å². The van der Waals surface area contributed by atoms with Crippen molar-refractivity contribution in [2.24, 2.45) is 0 Å². The fourth-order valence-corrected chi connectivity index (χ4v) is 3.80. The first-order valence-electron chi connectivity index (χ1n) is 8.77. The number of aromatic nitrogens is 2. The van der Waals surface area contributed by atoms with E-state index in [0.717, 1.165) is 43.9 Å². The van der Waals surface area contributed by atoms with Crippen molar-refractivity contribution in [3.05, 3.63) is 29.8 Å². The smallest absolute Gasteiger partial charge is 0.277 e. The number of hydrogen-bond acceptors (Lipinski definition) is 5. The third-order valence-electron chi connectivity index (χ3n) is 4.69. The molecule has 0 unspecified atom stereocenters. The summed E-state index contributed by atoms with van der Waals surface area (Å²) in [4.78, 5) is 16.1. The van der Waals surface area contributed by atoms with Gasteiger partial charge in [-0.1, -0.05) is 30.0 Å². The van der Waals surface area contributed by atoms with Gasteiger partial charge in [0.05, 0.1) is 38.0 Å². The molecule has 0 saturated carbocycles. The number of nitrogens with zero attached hydrogens (tertiary/aromatic N) is 3. The van der Waals surface area contributed by atoms with Crippen molar-refractivity contribution in [1.82, 2.24) is 15.1 Å². The van der Waals surface area contributed by atoms with Crippen molar-refractivity contribution < 1.29 is 14.1 Å². The first kappa shape index (κ1) is 17.9. The summed E-state index contributed by atoms with van der Waals surface area (Å²) in [6.45, 7) is 10.9. The molecule has 2 aromatic rings. The zero-order valence-corrected chi connectivity index (χ0v) is 15.8. The summed E-state index contributed by atoms with van der Waals surface area (Å²) in [7, 11) is 0. The Kier molecular flexibility index (Phi) is 5.75. The van der Waals surface area contributed by atoms with Crippen LogP contribution in [0.4, 0.5) is 0 Å². The third-order valence-corrected chi connectivity index (χ3v) is 5.61. The zero-order valence-electron chi connectivity index (χ0n) is 15.0. The number of aryl methyl sites for hydroxylation is 1. The molecule has 1 saturated heterocycles. The average Bonchev–Trinajstić information content (AvgIpc) is 3.09. The van der Waals surface area contributed by atoms with Crippen LogP contribution >= 0.6 is 11.8 Å². The van der Waals surface area contributed by atoms with Crippen LogP contribution in [-0.4, -0.2) is 59.0 Å². The Balaban J connectivity index is 1.61. The van der Waals surface area contributed by atoms with Crippen molar-refractivity contribution in [2.45, 2.75) is 31.2 Å². The van der Waals surface area contributed by atoms with Crippen molar-refractivity contribution in [3.63, 3.8) is 0 Å². The maximum atomic E-state index is 12.6. The van der Waals surface area contributed by atoms with E-state index in [4.69, 9.17) is 4.42 Å². The van der Waals surface area contributed by atoms with Crippen LogP contribution < -0.4 is 4.90 Å². The fourth-order valence-electron chi connectivity index (χ4n) is 3.03. The van der Waals surface area contributed by atoms with Gasteiger partial charge in [-0.05, 0) is 32.4 Å². The van der Waals surface area contributed by atoms with E-state index in [1.54, 1.807) is 4.90 Å². The molecular formula is C18H25N4O2S+. The summed E-state index contributed by atoms with van der Waals surface area (Å²) in [5.74, 6) is 0.649. The van der Waals surface area contributed by atoms with Gasteiger partial charge in [0.1, 0.15) is 0 Å². The molecule has 2 heterocycles. The van der Waals surface area contributed by atoms with Crippen molar-refractivity contribution in [3.8, 4) is 11.5 Å². The van der Waals surface area contributed by atoms with Gasteiger partial charge >= 0.3 is 0 Å². The number of quaternary nitrogens is 1. The van der Waals surface area contributed by atoms with E-state index < -0.39 is 0 Å². The van der Waals surface area contributed by atoms with E-state index in [1.807, 2.05) is 43.0 Å². The summed E-state index contributed by atoms with van der Waals surface area (Å²) < 4.78 is 5.76. The number of carbonyl (C=O) groups excluding carboxylic acids is 1. The summed E-state index contributed by atoms with van der Waals surface area (Å²) in [6, 6.07) is 7.90. The number of benzene rings is 1. The molecule has 25 heavy (non-hydrogen) atoms. The molecule has 0 bridgehead atoms. The number of hydrogen-bond donors (Lipinski definition) is 1. The molecule has 0 radical (unpaired) electrons. The van der Waals surface area contributed by atoms with Crippen LogP contribution in [0.2, 0.25) is 0 Å². The van der Waals surface area contributed by atoms with Crippen molar-refractivity contribution in [2.75, 3.05) is 32.7 Å². The largest absolute Gasteiger partial charge is 0.411 e. The molecule has 1 aliphatic rings. The van der Waals surface area contributed by atoms with Gasteiger partial charge in [0.25, 0.3) is 5.22 Å². The monoisotopic (exact) mass is 361 g/mol. The molecule has 1 fully saturated rings. The molecule has 0 aliphatic carbocycles. The molecule has 3 rings (SSSR count). The Bertz CT molecular complexity index is 725. The maximum Gasteiger partial charge on any atom is 0.277 e. The minimum atomic E-state index is -0.228. The molecule has 7 heteroatoms. The van der Waals surface area contributed by atoms with Crippen LogP contribution in [0, 0.1) is 6.92 Å². The third kappa shape index (κ3) is 4.22. The van der Waals surface area contributed by atoms with E-state index in [-0.39, 0.29) is 11.2 Å². The first-order valence-corrected chi connectivity index (χ1v) is 9.65. The Hall–Kier alpha value is -1.86. The van der Waals surface area contributed by atoms with Crippen LogP contribution in [0.3, 0.4) is 0 Å². The van der Waals surface area contributed by atoms with Crippen LogP contribution in [0.1, 0.15) is 19.4 Å². The topological polar surface area (TPSA) is 63.7 Å². The molecule has 6 nitrogen and oxygen atoms in total. The molecule has 134 valence electrons. The van der Waals surface area contributed by atoms with Gasteiger partial charge in [-0.15, -0.1) is 10.2 Å². The van der Waals surface area contributed by atoms with Gasteiger partial charge < -0.3 is 14.2 Å². The summed E-state index contributed by atoms with van der Waals surface area (Å²) in [5.41, 5.74) is 2.02. The minimum absolute atomic E-state index is 0.149.